The summed E-state index contributed by atoms with van der Waals surface area (Å²) in [7, 11) is 0. The van der Waals surface area contributed by atoms with Crippen molar-refractivity contribution in [2.24, 2.45) is 0 Å². The summed E-state index contributed by atoms with van der Waals surface area (Å²) in [6.45, 7) is 4.37. The van der Waals surface area contributed by atoms with Crippen LogP contribution in [0.25, 0.3) is 0 Å². The van der Waals surface area contributed by atoms with Gasteiger partial charge in [0.2, 0.25) is 0 Å². The number of hydrogen-bond donors (Lipinski definition) is 0. The number of hydrogen-bond acceptors (Lipinski definition) is 0. The van der Waals surface area contributed by atoms with Crippen LogP contribution in [0.15, 0.2) is 24.3 Å². The van der Waals surface area contributed by atoms with E-state index in [0.717, 1.165) is 0 Å². The van der Waals surface area contributed by atoms with Crippen LogP contribution in [-0.2, 0) is 0 Å². The van der Waals surface area contributed by atoms with Crippen molar-refractivity contribution in [3.8, 4) is 0 Å². The lowest BCUT2D eigenvalue weighted by atomic mass is 10.2. The Balaban J connectivity index is 3.50. The molecule has 0 N–H and O–H groups in total. The summed E-state index contributed by atoms with van der Waals surface area (Å²) in [6.07, 6.45) is 13.8. The number of unbranched alkanes of at least 4 members (excludes halogenated alkanes) is 3. The van der Waals surface area contributed by atoms with Crippen molar-refractivity contribution in [3.63, 3.8) is 0 Å². The molecule has 0 aromatic rings. The van der Waals surface area contributed by atoms with Crippen LogP contribution in [0.4, 0.5) is 0 Å². The van der Waals surface area contributed by atoms with Crippen molar-refractivity contribution < 1.29 is 0 Å². The zero-order valence-corrected chi connectivity index (χ0v) is 12.2. The highest BCUT2D eigenvalue weighted by atomic mass is 79.9. The SMILES string of the molecule is CCCCCC=CC=CC(Br)C(C)Br. The van der Waals surface area contributed by atoms with Crippen LogP contribution in [0.2, 0.25) is 0 Å². The lowest BCUT2D eigenvalue weighted by Crippen LogP contribution is -2.04. The number of halogens is 2. The molecule has 0 heterocycles. The predicted octanol–water partition coefficient (Wildman–Crippen LogP) is 5.23. The Kier molecular flexibility index (Phi) is 10.3. The maximum atomic E-state index is 3.57. The van der Waals surface area contributed by atoms with Gasteiger partial charge in [-0.3, -0.25) is 0 Å². The molecule has 2 atom stereocenters. The molecule has 14 heavy (non-hydrogen) atoms. The molecule has 0 aliphatic carbocycles. The van der Waals surface area contributed by atoms with E-state index in [4.69, 9.17) is 0 Å². The summed E-state index contributed by atoms with van der Waals surface area (Å²) in [5.41, 5.74) is 0. The number of allylic oxidation sites excluding steroid dienone is 4. The molecule has 2 heteroatoms. The van der Waals surface area contributed by atoms with Crippen molar-refractivity contribution in [1.82, 2.24) is 0 Å². The van der Waals surface area contributed by atoms with E-state index < -0.39 is 0 Å². The zero-order chi connectivity index (χ0) is 10.8. The molecule has 0 radical (unpaired) electrons. The molecule has 0 aromatic heterocycles. The van der Waals surface area contributed by atoms with Gasteiger partial charge in [-0.2, -0.15) is 0 Å². The van der Waals surface area contributed by atoms with E-state index >= 15 is 0 Å². The molecule has 0 nitrogen and oxygen atoms in total. The van der Waals surface area contributed by atoms with Gasteiger partial charge in [0.15, 0.2) is 0 Å². The second-order valence-electron chi connectivity index (χ2n) is 3.43. The van der Waals surface area contributed by atoms with Gasteiger partial charge in [0.1, 0.15) is 0 Å². The third kappa shape index (κ3) is 9.01. The highest BCUT2D eigenvalue weighted by Crippen LogP contribution is 2.14. The molecular weight excluding hydrogens is 304 g/mol. The van der Waals surface area contributed by atoms with Gasteiger partial charge < -0.3 is 0 Å². The van der Waals surface area contributed by atoms with Crippen LogP contribution >= 0.6 is 31.9 Å². The first-order chi connectivity index (χ1) is 6.68. The molecule has 0 rings (SSSR count). The molecule has 2 unspecified atom stereocenters. The fourth-order valence-corrected chi connectivity index (χ4v) is 1.36. The number of rotatable bonds is 7. The van der Waals surface area contributed by atoms with Gasteiger partial charge in [-0.15, -0.1) is 0 Å². The average molecular weight is 324 g/mol. The van der Waals surface area contributed by atoms with E-state index in [0.29, 0.717) is 9.65 Å². The Morgan fingerprint density at radius 3 is 2.43 bits per heavy atom. The van der Waals surface area contributed by atoms with E-state index in [1.54, 1.807) is 0 Å². The van der Waals surface area contributed by atoms with Gasteiger partial charge in [0.25, 0.3) is 0 Å². The Morgan fingerprint density at radius 1 is 1.14 bits per heavy atom. The topological polar surface area (TPSA) is 0 Å². The van der Waals surface area contributed by atoms with Crippen molar-refractivity contribution in [2.75, 3.05) is 0 Å². The van der Waals surface area contributed by atoms with E-state index in [9.17, 15) is 0 Å². The minimum Gasteiger partial charge on any atom is -0.0878 e. The second-order valence-corrected chi connectivity index (χ2v) is 5.93. The largest absolute Gasteiger partial charge is 0.0878 e. The lowest BCUT2D eigenvalue weighted by molar-refractivity contribution is 0.729. The normalized spacial score (nSPS) is 16.6. The highest BCUT2D eigenvalue weighted by molar-refractivity contribution is 9.12. The third-order valence-corrected chi connectivity index (χ3v) is 4.33. The van der Waals surface area contributed by atoms with Crippen molar-refractivity contribution in [1.29, 1.82) is 0 Å². The van der Waals surface area contributed by atoms with E-state index in [-0.39, 0.29) is 0 Å². The zero-order valence-electron chi connectivity index (χ0n) is 9.05. The van der Waals surface area contributed by atoms with Gasteiger partial charge in [-0.25, -0.2) is 0 Å². The van der Waals surface area contributed by atoms with E-state index in [2.05, 4.69) is 70.0 Å². The monoisotopic (exact) mass is 322 g/mol. The average Bonchev–Trinajstić information content (AvgIpc) is 2.16. The fourth-order valence-electron chi connectivity index (χ4n) is 1.01. The van der Waals surface area contributed by atoms with Crippen LogP contribution in [0.3, 0.4) is 0 Å². The quantitative estimate of drug-likeness (QED) is 0.342. The van der Waals surface area contributed by atoms with Crippen molar-refractivity contribution in [2.45, 2.75) is 49.2 Å². The summed E-state index contributed by atoms with van der Waals surface area (Å²) in [5.74, 6) is 0. The van der Waals surface area contributed by atoms with Gasteiger partial charge in [-0.05, 0) is 12.8 Å². The van der Waals surface area contributed by atoms with Gasteiger partial charge in [-0.1, -0.05) is 82.9 Å². The van der Waals surface area contributed by atoms with E-state index in [1.165, 1.54) is 25.7 Å². The molecule has 82 valence electrons. The second kappa shape index (κ2) is 9.97. The molecule has 0 saturated heterocycles. The maximum Gasteiger partial charge on any atom is 0.0451 e. The molecule has 0 aromatic carbocycles. The third-order valence-electron chi connectivity index (χ3n) is 1.96. The molecular formula is C12H20Br2. The standard InChI is InChI=1S/C12H20Br2/c1-3-4-5-6-7-8-9-10-12(14)11(2)13/h7-12H,3-6H2,1-2H3. The Morgan fingerprint density at radius 2 is 1.86 bits per heavy atom. The molecule has 0 amide bonds. The van der Waals surface area contributed by atoms with Crippen molar-refractivity contribution in [3.05, 3.63) is 24.3 Å². The maximum absolute atomic E-state index is 3.57. The molecule has 0 spiro atoms. The highest BCUT2D eigenvalue weighted by Gasteiger charge is 2.04. The van der Waals surface area contributed by atoms with Crippen LogP contribution < -0.4 is 0 Å². The first-order valence-corrected chi connectivity index (χ1v) is 7.13. The first kappa shape index (κ1) is 14.4. The molecule has 0 fully saturated rings. The van der Waals surface area contributed by atoms with Crippen LogP contribution in [0, 0.1) is 0 Å². The molecule has 0 aliphatic heterocycles. The number of alkyl halides is 2. The Bertz CT molecular complexity index is 171. The molecule has 0 bridgehead atoms. The molecule has 0 saturated carbocycles. The van der Waals surface area contributed by atoms with Crippen LogP contribution in [0.1, 0.15) is 39.5 Å². The summed E-state index contributed by atoms with van der Waals surface area (Å²) in [5, 5.41) is 0. The van der Waals surface area contributed by atoms with Crippen LogP contribution in [0.5, 0.6) is 0 Å². The summed E-state index contributed by atoms with van der Waals surface area (Å²) in [4.78, 5) is 0.898. The van der Waals surface area contributed by atoms with Gasteiger partial charge >= 0.3 is 0 Å². The lowest BCUT2D eigenvalue weighted by Gasteiger charge is -2.04. The summed E-state index contributed by atoms with van der Waals surface area (Å²) in [6, 6.07) is 0. The summed E-state index contributed by atoms with van der Waals surface area (Å²) < 4.78 is 0. The first-order valence-electron chi connectivity index (χ1n) is 5.30. The Hall–Kier alpha value is 0.440. The van der Waals surface area contributed by atoms with Crippen molar-refractivity contribution >= 4 is 31.9 Å². The fraction of sp³-hybridized carbons (Fsp3) is 0.667. The minimum absolute atomic E-state index is 0.419. The van der Waals surface area contributed by atoms with E-state index in [1.807, 2.05) is 0 Å². The predicted molar refractivity (Wildman–Crippen MR) is 73.5 cm³/mol. The summed E-state index contributed by atoms with van der Waals surface area (Å²) >= 11 is 7.09. The van der Waals surface area contributed by atoms with Crippen LogP contribution in [-0.4, -0.2) is 9.65 Å². The Labute approximate surface area is 105 Å². The van der Waals surface area contributed by atoms with Gasteiger partial charge in [0, 0.05) is 9.65 Å². The minimum atomic E-state index is 0.419. The van der Waals surface area contributed by atoms with Gasteiger partial charge in [0.05, 0.1) is 0 Å². The smallest absolute Gasteiger partial charge is 0.0451 e. The molecule has 0 aliphatic rings.